The van der Waals surface area contributed by atoms with Crippen molar-refractivity contribution in [3.63, 3.8) is 0 Å². The Morgan fingerprint density at radius 3 is 2.69 bits per heavy atom. The van der Waals surface area contributed by atoms with Crippen LogP contribution in [0.3, 0.4) is 0 Å². The van der Waals surface area contributed by atoms with E-state index in [-0.39, 0.29) is 5.92 Å². The Balaban J connectivity index is 2.06. The van der Waals surface area contributed by atoms with Gasteiger partial charge in [-0.05, 0) is 38.8 Å². The number of hydrogen-bond donors (Lipinski definition) is 1. The number of carboxylic acids is 1. The summed E-state index contributed by atoms with van der Waals surface area (Å²) in [6, 6.07) is 0.347. The number of hydrogen-bond acceptors (Lipinski definition) is 2. The lowest BCUT2D eigenvalue weighted by Crippen LogP contribution is -2.50. The van der Waals surface area contributed by atoms with Gasteiger partial charge in [0.15, 0.2) is 0 Å². The molecule has 3 nitrogen and oxygen atoms in total. The van der Waals surface area contributed by atoms with E-state index in [0.29, 0.717) is 6.04 Å². The maximum atomic E-state index is 11.0. The second-order valence-corrected chi connectivity index (χ2v) is 4.19. The van der Waals surface area contributed by atoms with Gasteiger partial charge in [-0.2, -0.15) is 0 Å². The number of rotatable bonds is 1. The van der Waals surface area contributed by atoms with Crippen LogP contribution in [-0.4, -0.2) is 35.1 Å². The Morgan fingerprint density at radius 2 is 1.92 bits per heavy atom. The first-order valence-electron chi connectivity index (χ1n) is 5.26. The summed E-state index contributed by atoms with van der Waals surface area (Å²) in [7, 11) is 0. The van der Waals surface area contributed by atoms with Gasteiger partial charge in [0.25, 0.3) is 0 Å². The minimum absolute atomic E-state index is 0.0888. The molecule has 2 saturated heterocycles. The van der Waals surface area contributed by atoms with Gasteiger partial charge < -0.3 is 5.11 Å². The second-order valence-electron chi connectivity index (χ2n) is 4.19. The van der Waals surface area contributed by atoms with E-state index in [4.69, 9.17) is 5.11 Å². The van der Waals surface area contributed by atoms with Crippen LogP contribution in [0, 0.1) is 5.92 Å². The summed E-state index contributed by atoms with van der Waals surface area (Å²) in [5, 5.41) is 9.05. The van der Waals surface area contributed by atoms with Gasteiger partial charge in [0, 0.05) is 6.04 Å². The van der Waals surface area contributed by atoms with Gasteiger partial charge in [-0.25, -0.2) is 0 Å². The van der Waals surface area contributed by atoms with Gasteiger partial charge in [-0.3, -0.25) is 9.69 Å². The van der Waals surface area contributed by atoms with Crippen molar-refractivity contribution in [3.8, 4) is 0 Å². The van der Waals surface area contributed by atoms with Crippen molar-refractivity contribution in [3.05, 3.63) is 0 Å². The largest absolute Gasteiger partial charge is 0.481 e. The average Bonchev–Trinajstić information content (AvgIpc) is 2.17. The molecule has 3 heteroatoms. The van der Waals surface area contributed by atoms with E-state index >= 15 is 0 Å². The molecule has 2 aliphatic heterocycles. The Labute approximate surface area is 78.7 Å². The Hall–Kier alpha value is -0.570. The zero-order valence-electron chi connectivity index (χ0n) is 7.91. The molecular weight excluding hydrogens is 166 g/mol. The predicted molar refractivity (Wildman–Crippen MR) is 49.6 cm³/mol. The maximum Gasteiger partial charge on any atom is 0.308 e. The van der Waals surface area contributed by atoms with E-state index in [2.05, 4.69) is 4.90 Å². The van der Waals surface area contributed by atoms with Crippen molar-refractivity contribution in [2.24, 2.45) is 5.92 Å². The summed E-state index contributed by atoms with van der Waals surface area (Å²) in [5.41, 5.74) is 0. The lowest BCUT2D eigenvalue weighted by molar-refractivity contribution is -0.146. The van der Waals surface area contributed by atoms with Crippen molar-refractivity contribution >= 4 is 5.97 Å². The quantitative estimate of drug-likeness (QED) is 0.666. The normalized spacial score (nSPS) is 35.4. The zero-order chi connectivity index (χ0) is 9.26. The number of piperidine rings is 2. The highest BCUT2D eigenvalue weighted by Gasteiger charge is 2.36. The standard InChI is InChI=1S/C10H17NO2/c12-10(13)8-4-3-7-11-6-2-1-5-9(8)11/h8-9H,1-7H2,(H,12,13). The third kappa shape index (κ3) is 1.70. The highest BCUT2D eigenvalue weighted by molar-refractivity contribution is 5.71. The Kier molecular flexibility index (Phi) is 2.54. The molecule has 1 N–H and O–H groups in total. The van der Waals surface area contributed by atoms with Crippen molar-refractivity contribution in [1.82, 2.24) is 4.90 Å². The van der Waals surface area contributed by atoms with Crippen LogP contribution in [0.1, 0.15) is 32.1 Å². The van der Waals surface area contributed by atoms with Crippen LogP contribution in [0.4, 0.5) is 0 Å². The minimum Gasteiger partial charge on any atom is -0.481 e. The molecule has 2 unspecified atom stereocenters. The van der Waals surface area contributed by atoms with Crippen molar-refractivity contribution < 1.29 is 9.90 Å². The molecule has 2 fully saturated rings. The van der Waals surface area contributed by atoms with Crippen LogP contribution >= 0.6 is 0 Å². The van der Waals surface area contributed by atoms with Gasteiger partial charge in [0.2, 0.25) is 0 Å². The molecule has 0 bridgehead atoms. The third-order valence-corrected chi connectivity index (χ3v) is 3.41. The summed E-state index contributed by atoms with van der Waals surface area (Å²) in [5.74, 6) is -0.675. The number of aliphatic carboxylic acids is 1. The highest BCUT2D eigenvalue weighted by atomic mass is 16.4. The maximum absolute atomic E-state index is 11.0. The van der Waals surface area contributed by atoms with Crippen LogP contribution in [0.5, 0.6) is 0 Å². The van der Waals surface area contributed by atoms with Gasteiger partial charge in [0.1, 0.15) is 0 Å². The minimum atomic E-state index is -0.586. The first-order valence-corrected chi connectivity index (χ1v) is 5.26. The van der Waals surface area contributed by atoms with Crippen LogP contribution in [-0.2, 0) is 4.79 Å². The molecule has 0 saturated carbocycles. The van der Waals surface area contributed by atoms with Crippen molar-refractivity contribution in [2.45, 2.75) is 38.1 Å². The van der Waals surface area contributed by atoms with E-state index in [1.807, 2.05) is 0 Å². The molecule has 74 valence electrons. The number of carbonyl (C=O) groups is 1. The Morgan fingerprint density at radius 1 is 1.15 bits per heavy atom. The molecule has 2 atom stereocenters. The van der Waals surface area contributed by atoms with Crippen LogP contribution in [0.15, 0.2) is 0 Å². The smallest absolute Gasteiger partial charge is 0.308 e. The molecule has 0 amide bonds. The first kappa shape index (κ1) is 9.00. The SMILES string of the molecule is O=C(O)C1CCCN2CCCCC12. The summed E-state index contributed by atoms with van der Waals surface area (Å²) >= 11 is 0. The van der Waals surface area contributed by atoms with E-state index in [0.717, 1.165) is 32.4 Å². The van der Waals surface area contributed by atoms with E-state index in [1.165, 1.54) is 12.8 Å². The molecule has 2 aliphatic rings. The van der Waals surface area contributed by atoms with Gasteiger partial charge >= 0.3 is 5.97 Å². The molecule has 0 aromatic rings. The van der Waals surface area contributed by atoms with Gasteiger partial charge in [0.05, 0.1) is 5.92 Å². The van der Waals surface area contributed by atoms with E-state index in [1.54, 1.807) is 0 Å². The topological polar surface area (TPSA) is 40.5 Å². The van der Waals surface area contributed by atoms with E-state index < -0.39 is 5.97 Å². The highest BCUT2D eigenvalue weighted by Crippen LogP contribution is 2.30. The molecule has 13 heavy (non-hydrogen) atoms. The second kappa shape index (κ2) is 3.66. The zero-order valence-corrected chi connectivity index (χ0v) is 7.91. The van der Waals surface area contributed by atoms with Crippen LogP contribution in [0.2, 0.25) is 0 Å². The molecule has 0 aliphatic carbocycles. The molecule has 0 aromatic heterocycles. The first-order chi connectivity index (χ1) is 6.29. The third-order valence-electron chi connectivity index (χ3n) is 3.41. The number of nitrogens with zero attached hydrogens (tertiary/aromatic N) is 1. The fourth-order valence-corrected chi connectivity index (χ4v) is 2.74. The fourth-order valence-electron chi connectivity index (χ4n) is 2.74. The predicted octanol–water partition coefficient (Wildman–Crippen LogP) is 1.34. The summed E-state index contributed by atoms with van der Waals surface area (Å²) in [6.45, 7) is 2.24. The lowest BCUT2D eigenvalue weighted by Gasteiger charge is -2.42. The lowest BCUT2D eigenvalue weighted by atomic mass is 9.84. The van der Waals surface area contributed by atoms with Crippen LogP contribution < -0.4 is 0 Å². The molecule has 2 rings (SSSR count). The van der Waals surface area contributed by atoms with Crippen LogP contribution in [0.25, 0.3) is 0 Å². The van der Waals surface area contributed by atoms with Gasteiger partial charge in [-0.15, -0.1) is 0 Å². The van der Waals surface area contributed by atoms with Crippen molar-refractivity contribution in [2.75, 3.05) is 13.1 Å². The number of carboxylic acid groups (broad SMARTS) is 1. The summed E-state index contributed by atoms with van der Waals surface area (Å²) < 4.78 is 0. The fraction of sp³-hybridized carbons (Fsp3) is 0.900. The summed E-state index contributed by atoms with van der Waals surface area (Å²) in [4.78, 5) is 13.4. The average molecular weight is 183 g/mol. The molecule has 2 heterocycles. The summed E-state index contributed by atoms with van der Waals surface area (Å²) in [6.07, 6.45) is 5.51. The molecular formula is C10H17NO2. The van der Waals surface area contributed by atoms with E-state index in [9.17, 15) is 4.79 Å². The molecule has 0 aromatic carbocycles. The molecule has 0 radical (unpaired) electrons. The van der Waals surface area contributed by atoms with Crippen molar-refractivity contribution in [1.29, 1.82) is 0 Å². The monoisotopic (exact) mass is 183 g/mol. The Bertz CT molecular complexity index is 203. The number of fused-ring (bicyclic) bond motifs is 1. The molecule has 0 spiro atoms. The van der Waals surface area contributed by atoms with Gasteiger partial charge in [-0.1, -0.05) is 6.42 Å².